The smallest absolute Gasteiger partial charge is 0.410 e. The fraction of sp³-hybridized carbons (Fsp3) is 0.562. The van der Waals surface area contributed by atoms with Gasteiger partial charge in [-0.15, -0.1) is 0 Å². The van der Waals surface area contributed by atoms with E-state index in [-0.39, 0.29) is 12.1 Å². The fourth-order valence-electron chi connectivity index (χ4n) is 2.73. The molecular weight excluding hydrogens is 252 g/mol. The molecule has 2 N–H and O–H groups in total. The van der Waals surface area contributed by atoms with Crippen molar-refractivity contribution in [2.75, 3.05) is 6.54 Å². The van der Waals surface area contributed by atoms with E-state index in [1.807, 2.05) is 23.1 Å². The minimum atomic E-state index is -0.237. The summed E-state index contributed by atoms with van der Waals surface area (Å²) in [6.45, 7) is 2.82. The minimum Gasteiger partial charge on any atom is -0.410 e. The van der Waals surface area contributed by atoms with E-state index in [2.05, 4.69) is 6.92 Å². The van der Waals surface area contributed by atoms with Gasteiger partial charge in [0, 0.05) is 18.6 Å². The number of ether oxygens (including phenoxy) is 1. The minimum absolute atomic E-state index is 0.237. The summed E-state index contributed by atoms with van der Waals surface area (Å²) in [6.07, 6.45) is 4.63. The van der Waals surface area contributed by atoms with Crippen molar-refractivity contribution in [3.8, 4) is 5.75 Å². The quantitative estimate of drug-likeness (QED) is 0.919. The highest BCUT2D eigenvalue weighted by molar-refractivity contribution is 5.71. The molecule has 4 heteroatoms. The molecule has 1 aromatic carbocycles. The van der Waals surface area contributed by atoms with Crippen molar-refractivity contribution in [2.24, 2.45) is 5.73 Å². The lowest BCUT2D eigenvalue weighted by Crippen LogP contribution is -2.45. The molecule has 0 spiro atoms. The van der Waals surface area contributed by atoms with E-state index in [0.29, 0.717) is 11.8 Å². The summed E-state index contributed by atoms with van der Waals surface area (Å²) in [7, 11) is 0. The fourth-order valence-corrected chi connectivity index (χ4v) is 2.73. The van der Waals surface area contributed by atoms with Crippen LogP contribution in [-0.4, -0.2) is 29.6 Å². The molecule has 4 nitrogen and oxygen atoms in total. The van der Waals surface area contributed by atoms with E-state index in [9.17, 15) is 4.79 Å². The van der Waals surface area contributed by atoms with Gasteiger partial charge in [0.05, 0.1) is 0 Å². The maximum absolute atomic E-state index is 12.4. The van der Waals surface area contributed by atoms with Crippen LogP contribution in [0.15, 0.2) is 30.3 Å². The number of para-hydroxylation sites is 1. The van der Waals surface area contributed by atoms with Gasteiger partial charge in [-0.1, -0.05) is 25.1 Å². The Morgan fingerprint density at radius 3 is 2.50 bits per heavy atom. The monoisotopic (exact) mass is 276 g/mol. The van der Waals surface area contributed by atoms with Crippen LogP contribution >= 0.6 is 0 Å². The molecule has 0 aliphatic heterocycles. The first kappa shape index (κ1) is 14.9. The Hall–Kier alpha value is -1.55. The molecule has 0 heterocycles. The molecule has 1 saturated carbocycles. The number of carbonyl (C=O) groups excluding carboxylic acids is 1. The van der Waals surface area contributed by atoms with Crippen LogP contribution in [0, 0.1) is 0 Å². The summed E-state index contributed by atoms with van der Waals surface area (Å²) in [5, 5.41) is 0. The Labute approximate surface area is 120 Å². The van der Waals surface area contributed by atoms with Gasteiger partial charge in [-0.05, 0) is 44.2 Å². The molecule has 0 radical (unpaired) electrons. The second kappa shape index (κ2) is 7.29. The molecule has 0 saturated heterocycles. The van der Waals surface area contributed by atoms with Gasteiger partial charge in [-0.2, -0.15) is 0 Å². The Morgan fingerprint density at radius 1 is 1.25 bits per heavy atom. The summed E-state index contributed by atoms with van der Waals surface area (Å²) in [5.41, 5.74) is 5.94. The van der Waals surface area contributed by atoms with Gasteiger partial charge >= 0.3 is 6.09 Å². The van der Waals surface area contributed by atoms with Gasteiger partial charge in [-0.3, -0.25) is 0 Å². The molecule has 2 rings (SSSR count). The molecule has 1 aromatic rings. The maximum atomic E-state index is 12.4. The summed E-state index contributed by atoms with van der Waals surface area (Å²) < 4.78 is 5.46. The highest BCUT2D eigenvalue weighted by Crippen LogP contribution is 2.23. The highest BCUT2D eigenvalue weighted by atomic mass is 16.6. The lowest BCUT2D eigenvalue weighted by Gasteiger charge is -2.35. The van der Waals surface area contributed by atoms with E-state index in [1.54, 1.807) is 12.1 Å². The van der Waals surface area contributed by atoms with E-state index in [1.165, 1.54) is 0 Å². The molecule has 0 aromatic heterocycles. The third-order valence-electron chi connectivity index (χ3n) is 3.83. The van der Waals surface area contributed by atoms with Crippen molar-refractivity contribution in [3.63, 3.8) is 0 Å². The summed E-state index contributed by atoms with van der Waals surface area (Å²) in [4.78, 5) is 14.2. The van der Waals surface area contributed by atoms with Crippen molar-refractivity contribution >= 4 is 6.09 Å². The third kappa shape index (κ3) is 3.97. The topological polar surface area (TPSA) is 55.6 Å². The summed E-state index contributed by atoms with van der Waals surface area (Å²) in [5.74, 6) is 0.603. The Bertz CT molecular complexity index is 414. The number of rotatable bonds is 4. The standard InChI is InChI=1S/C16H24N2O2/c1-2-12-18(14-10-8-13(17)9-11-14)16(19)20-15-6-4-3-5-7-15/h3-7,13-14H,2,8-12,17H2,1H3. The normalized spacial score (nSPS) is 22.3. The van der Waals surface area contributed by atoms with Crippen LogP contribution in [0.4, 0.5) is 4.79 Å². The molecule has 110 valence electrons. The number of hydrogen-bond acceptors (Lipinski definition) is 3. The van der Waals surface area contributed by atoms with Gasteiger partial charge in [0.2, 0.25) is 0 Å². The van der Waals surface area contributed by atoms with Gasteiger partial charge in [0.15, 0.2) is 0 Å². The average molecular weight is 276 g/mol. The van der Waals surface area contributed by atoms with Gasteiger partial charge in [-0.25, -0.2) is 4.79 Å². The first-order chi connectivity index (χ1) is 9.70. The Morgan fingerprint density at radius 2 is 1.90 bits per heavy atom. The van der Waals surface area contributed by atoms with Crippen molar-refractivity contribution in [3.05, 3.63) is 30.3 Å². The first-order valence-corrected chi connectivity index (χ1v) is 7.49. The van der Waals surface area contributed by atoms with Gasteiger partial charge in [0.1, 0.15) is 5.75 Å². The predicted octanol–water partition coefficient (Wildman–Crippen LogP) is 3.17. The van der Waals surface area contributed by atoms with E-state index >= 15 is 0 Å². The van der Waals surface area contributed by atoms with Crippen LogP contribution in [0.1, 0.15) is 39.0 Å². The summed E-state index contributed by atoms with van der Waals surface area (Å²) >= 11 is 0. The predicted molar refractivity (Wildman–Crippen MR) is 79.7 cm³/mol. The number of carbonyl (C=O) groups is 1. The zero-order valence-corrected chi connectivity index (χ0v) is 12.1. The number of benzene rings is 1. The molecule has 0 bridgehead atoms. The second-order valence-electron chi connectivity index (χ2n) is 5.44. The van der Waals surface area contributed by atoms with Crippen LogP contribution in [0.5, 0.6) is 5.75 Å². The van der Waals surface area contributed by atoms with Crippen molar-refractivity contribution < 1.29 is 9.53 Å². The molecular formula is C16H24N2O2. The zero-order chi connectivity index (χ0) is 14.4. The molecule has 0 atom stereocenters. The van der Waals surface area contributed by atoms with E-state index in [0.717, 1.165) is 38.6 Å². The van der Waals surface area contributed by atoms with Crippen LogP contribution in [0.25, 0.3) is 0 Å². The summed E-state index contributed by atoms with van der Waals surface area (Å²) in [6, 6.07) is 9.81. The van der Waals surface area contributed by atoms with Crippen molar-refractivity contribution in [1.82, 2.24) is 4.90 Å². The van der Waals surface area contributed by atoms with E-state index < -0.39 is 0 Å². The van der Waals surface area contributed by atoms with Crippen molar-refractivity contribution in [1.29, 1.82) is 0 Å². The first-order valence-electron chi connectivity index (χ1n) is 7.49. The zero-order valence-electron chi connectivity index (χ0n) is 12.1. The van der Waals surface area contributed by atoms with Crippen LogP contribution in [0.2, 0.25) is 0 Å². The lowest BCUT2D eigenvalue weighted by atomic mass is 9.91. The SMILES string of the molecule is CCCN(C(=O)Oc1ccccc1)C1CCC(N)CC1. The molecule has 1 aliphatic rings. The molecule has 1 amide bonds. The van der Waals surface area contributed by atoms with Crippen LogP contribution in [-0.2, 0) is 0 Å². The molecule has 1 fully saturated rings. The molecule has 1 aliphatic carbocycles. The Kier molecular flexibility index (Phi) is 5.41. The van der Waals surface area contributed by atoms with Gasteiger partial charge in [0.25, 0.3) is 0 Å². The number of nitrogens with zero attached hydrogens (tertiary/aromatic N) is 1. The van der Waals surface area contributed by atoms with Crippen LogP contribution in [0.3, 0.4) is 0 Å². The number of nitrogens with two attached hydrogens (primary N) is 1. The average Bonchev–Trinajstić information content (AvgIpc) is 2.47. The van der Waals surface area contributed by atoms with E-state index in [4.69, 9.17) is 10.5 Å². The lowest BCUT2D eigenvalue weighted by molar-refractivity contribution is 0.115. The maximum Gasteiger partial charge on any atom is 0.415 e. The third-order valence-corrected chi connectivity index (χ3v) is 3.83. The highest BCUT2D eigenvalue weighted by Gasteiger charge is 2.28. The molecule has 20 heavy (non-hydrogen) atoms. The van der Waals surface area contributed by atoms with Crippen molar-refractivity contribution in [2.45, 2.75) is 51.1 Å². The van der Waals surface area contributed by atoms with Gasteiger partial charge < -0.3 is 15.4 Å². The largest absolute Gasteiger partial charge is 0.415 e. The van der Waals surface area contributed by atoms with Crippen LogP contribution < -0.4 is 10.5 Å². The second-order valence-corrected chi connectivity index (χ2v) is 5.44. The molecule has 0 unspecified atom stereocenters. The Balaban J connectivity index is 1.98. The number of amides is 1. The number of hydrogen-bond donors (Lipinski definition) is 1.